The Labute approximate surface area is 157 Å². The van der Waals surface area contributed by atoms with E-state index in [-0.39, 0.29) is 22.5 Å². The number of carbonyl (C=O) groups is 1. The first kappa shape index (κ1) is 17.5. The van der Waals surface area contributed by atoms with Crippen molar-refractivity contribution in [2.75, 3.05) is 0 Å². The lowest BCUT2D eigenvalue weighted by molar-refractivity contribution is -0.118. The van der Waals surface area contributed by atoms with Gasteiger partial charge in [-0.1, -0.05) is 17.7 Å². The lowest BCUT2D eigenvalue weighted by Gasteiger charge is -2.08. The lowest BCUT2D eigenvalue weighted by atomic mass is 10.0. The Balaban J connectivity index is 1.93. The lowest BCUT2D eigenvalue weighted by Crippen LogP contribution is -2.11. The van der Waals surface area contributed by atoms with Gasteiger partial charge in [0.1, 0.15) is 5.78 Å². The second-order valence-corrected chi connectivity index (χ2v) is 8.92. The first-order valence-electron chi connectivity index (χ1n) is 8.70. The number of nitrogens with zero attached hydrogens (tertiary/aromatic N) is 2. The first-order chi connectivity index (χ1) is 12.8. The number of hydrogen-bond acceptors (Lipinski definition) is 4. The molecule has 0 unspecified atom stereocenters. The summed E-state index contributed by atoms with van der Waals surface area (Å²) in [5.74, 6) is 0.0454. The maximum Gasteiger partial charge on any atom is 0.268 e. The van der Waals surface area contributed by atoms with E-state index in [1.54, 1.807) is 55.6 Å². The Bertz CT molecular complexity index is 1210. The molecule has 136 valence electrons. The average Bonchev–Trinajstić information content (AvgIpc) is 3.35. The van der Waals surface area contributed by atoms with Gasteiger partial charge in [0.15, 0.2) is 0 Å². The molecule has 0 radical (unpaired) electrons. The Morgan fingerprint density at radius 1 is 1.19 bits per heavy atom. The standard InChI is InChI=1S/C21H18N2O3S/c1-13-3-6-16(7-4-13)27(25,26)23-12-20(18-10-17(18)14(2)24)19-9-15(11-22)5-8-21(19)23/h3-9,12,17-18H,10H2,1-2H3/t17-,18+/m0/s1. The van der Waals surface area contributed by atoms with Crippen LogP contribution < -0.4 is 0 Å². The van der Waals surface area contributed by atoms with Crippen molar-refractivity contribution in [2.24, 2.45) is 5.92 Å². The summed E-state index contributed by atoms with van der Waals surface area (Å²) in [5.41, 5.74) is 2.79. The Morgan fingerprint density at radius 2 is 1.89 bits per heavy atom. The number of hydrogen-bond donors (Lipinski definition) is 0. The second kappa shape index (κ2) is 6.07. The van der Waals surface area contributed by atoms with E-state index >= 15 is 0 Å². The third-order valence-electron chi connectivity index (χ3n) is 5.22. The number of rotatable bonds is 4. The minimum atomic E-state index is -3.78. The van der Waals surface area contributed by atoms with E-state index < -0.39 is 10.0 Å². The van der Waals surface area contributed by atoms with Crippen molar-refractivity contribution in [1.82, 2.24) is 3.97 Å². The van der Waals surface area contributed by atoms with E-state index in [9.17, 15) is 18.5 Å². The molecule has 1 aromatic heterocycles. The van der Waals surface area contributed by atoms with Gasteiger partial charge >= 0.3 is 0 Å². The highest BCUT2D eigenvalue weighted by Gasteiger charge is 2.43. The van der Waals surface area contributed by atoms with Gasteiger partial charge in [-0.25, -0.2) is 12.4 Å². The summed E-state index contributed by atoms with van der Waals surface area (Å²) < 4.78 is 27.7. The number of aryl methyl sites for hydroxylation is 1. The number of Topliss-reactive ketones (excluding diaryl/α,β-unsaturated/α-hetero) is 1. The molecule has 2 aromatic carbocycles. The van der Waals surface area contributed by atoms with Gasteiger partial charge in [-0.2, -0.15) is 5.26 Å². The molecule has 1 saturated carbocycles. The Morgan fingerprint density at radius 3 is 2.48 bits per heavy atom. The molecule has 5 nitrogen and oxygen atoms in total. The minimum absolute atomic E-state index is 0.00779. The van der Waals surface area contributed by atoms with Crippen LogP contribution in [0.3, 0.4) is 0 Å². The molecule has 0 amide bonds. The van der Waals surface area contributed by atoms with Crippen LogP contribution in [0.1, 0.15) is 36.0 Å². The zero-order valence-electron chi connectivity index (χ0n) is 15.0. The van der Waals surface area contributed by atoms with Crippen LogP contribution in [-0.2, 0) is 14.8 Å². The summed E-state index contributed by atoms with van der Waals surface area (Å²) in [5, 5.41) is 9.94. The van der Waals surface area contributed by atoms with Crippen molar-refractivity contribution in [3.63, 3.8) is 0 Å². The molecular weight excluding hydrogens is 360 g/mol. The van der Waals surface area contributed by atoms with Gasteiger partial charge in [-0.3, -0.25) is 4.79 Å². The molecule has 2 atom stereocenters. The molecular formula is C21H18N2O3S. The summed E-state index contributed by atoms with van der Waals surface area (Å²) >= 11 is 0. The summed E-state index contributed by atoms with van der Waals surface area (Å²) in [6.07, 6.45) is 2.34. The molecule has 1 aliphatic rings. The number of ketones is 1. The zero-order chi connectivity index (χ0) is 19.3. The minimum Gasteiger partial charge on any atom is -0.300 e. The molecule has 0 saturated heterocycles. The highest BCUT2D eigenvalue weighted by atomic mass is 32.2. The van der Waals surface area contributed by atoms with Crippen molar-refractivity contribution in [3.05, 3.63) is 65.4 Å². The van der Waals surface area contributed by atoms with Crippen molar-refractivity contribution in [3.8, 4) is 6.07 Å². The predicted octanol–water partition coefficient (Wildman–Crippen LogP) is 3.75. The summed E-state index contributed by atoms with van der Waals surface area (Å²) in [4.78, 5) is 11.9. The molecule has 0 spiro atoms. The molecule has 0 N–H and O–H groups in total. The van der Waals surface area contributed by atoms with Crippen LogP contribution in [0.25, 0.3) is 10.9 Å². The summed E-state index contributed by atoms with van der Waals surface area (Å²) in [6.45, 7) is 3.46. The molecule has 27 heavy (non-hydrogen) atoms. The predicted molar refractivity (Wildman–Crippen MR) is 102 cm³/mol. The van der Waals surface area contributed by atoms with Gasteiger partial charge in [0.25, 0.3) is 10.0 Å². The molecule has 3 aromatic rings. The van der Waals surface area contributed by atoms with E-state index in [0.29, 0.717) is 11.1 Å². The SMILES string of the molecule is CC(=O)[C@@H]1C[C@H]1c1cn(S(=O)(=O)c2ccc(C)cc2)c2ccc(C#N)cc12. The van der Waals surface area contributed by atoms with Crippen LogP contribution in [0.15, 0.2) is 53.6 Å². The molecule has 0 bridgehead atoms. The Hall–Kier alpha value is -2.91. The van der Waals surface area contributed by atoms with Gasteiger partial charge in [0.05, 0.1) is 22.0 Å². The maximum absolute atomic E-state index is 13.2. The zero-order valence-corrected chi connectivity index (χ0v) is 15.8. The summed E-state index contributed by atoms with van der Waals surface area (Å²) in [6, 6.07) is 13.8. The van der Waals surface area contributed by atoms with Crippen LogP contribution >= 0.6 is 0 Å². The fourth-order valence-corrected chi connectivity index (χ4v) is 4.98. The van der Waals surface area contributed by atoms with E-state index in [1.165, 1.54) is 3.97 Å². The number of fused-ring (bicyclic) bond motifs is 1. The molecule has 4 rings (SSSR count). The van der Waals surface area contributed by atoms with Crippen LogP contribution in [0, 0.1) is 24.2 Å². The van der Waals surface area contributed by atoms with Gasteiger partial charge in [-0.15, -0.1) is 0 Å². The fraction of sp³-hybridized carbons (Fsp3) is 0.238. The molecule has 6 heteroatoms. The van der Waals surface area contributed by atoms with Gasteiger partial charge < -0.3 is 0 Å². The second-order valence-electron chi connectivity index (χ2n) is 7.10. The first-order valence-corrected chi connectivity index (χ1v) is 10.1. The van der Waals surface area contributed by atoms with E-state index in [1.807, 2.05) is 6.92 Å². The third kappa shape index (κ3) is 2.84. The molecule has 0 aliphatic heterocycles. The van der Waals surface area contributed by atoms with Crippen LogP contribution in [0.5, 0.6) is 0 Å². The average molecular weight is 378 g/mol. The van der Waals surface area contributed by atoms with Crippen molar-refractivity contribution < 1.29 is 13.2 Å². The van der Waals surface area contributed by atoms with Crippen LogP contribution in [0.4, 0.5) is 0 Å². The Kier molecular flexibility index (Phi) is 3.93. The van der Waals surface area contributed by atoms with E-state index in [0.717, 1.165) is 22.9 Å². The number of benzene rings is 2. The van der Waals surface area contributed by atoms with Crippen LogP contribution in [-0.4, -0.2) is 18.2 Å². The van der Waals surface area contributed by atoms with Crippen molar-refractivity contribution in [2.45, 2.75) is 31.1 Å². The topological polar surface area (TPSA) is 79.9 Å². The highest BCUT2D eigenvalue weighted by Crippen LogP contribution is 2.50. The number of nitriles is 1. The smallest absolute Gasteiger partial charge is 0.268 e. The quantitative estimate of drug-likeness (QED) is 0.692. The largest absolute Gasteiger partial charge is 0.300 e. The molecule has 1 aliphatic carbocycles. The van der Waals surface area contributed by atoms with Gasteiger partial charge in [0, 0.05) is 17.5 Å². The third-order valence-corrected chi connectivity index (χ3v) is 6.91. The maximum atomic E-state index is 13.2. The fourth-order valence-electron chi connectivity index (χ4n) is 3.60. The molecule has 1 heterocycles. The van der Waals surface area contributed by atoms with Crippen molar-refractivity contribution in [1.29, 1.82) is 5.26 Å². The van der Waals surface area contributed by atoms with Gasteiger partial charge in [-0.05, 0) is 62.1 Å². The number of carbonyl (C=O) groups excluding carboxylic acids is 1. The van der Waals surface area contributed by atoms with E-state index in [4.69, 9.17) is 0 Å². The van der Waals surface area contributed by atoms with Gasteiger partial charge in [0.2, 0.25) is 0 Å². The highest BCUT2D eigenvalue weighted by molar-refractivity contribution is 7.90. The monoisotopic (exact) mass is 378 g/mol. The summed E-state index contributed by atoms with van der Waals surface area (Å²) in [7, 11) is -3.78. The van der Waals surface area contributed by atoms with Crippen LogP contribution in [0.2, 0.25) is 0 Å². The normalized spacial score (nSPS) is 19.0. The van der Waals surface area contributed by atoms with E-state index in [2.05, 4.69) is 6.07 Å². The molecule has 1 fully saturated rings. The number of aromatic nitrogens is 1. The van der Waals surface area contributed by atoms with Crippen molar-refractivity contribution >= 4 is 26.7 Å².